The molecular formula is C13H19FN2O. The Morgan fingerprint density at radius 3 is 2.65 bits per heavy atom. The van der Waals surface area contributed by atoms with Crippen LogP contribution in [0.15, 0.2) is 18.2 Å². The Kier molecular flexibility index (Phi) is 4.94. The van der Waals surface area contributed by atoms with E-state index in [1.54, 1.807) is 6.07 Å². The number of carbonyl (C=O) groups excluding carboxylic acids is 1. The highest BCUT2D eigenvalue weighted by Gasteiger charge is 2.03. The number of rotatable bonds is 5. The number of hydrogen-bond acceptors (Lipinski definition) is 2. The molecule has 0 spiro atoms. The van der Waals surface area contributed by atoms with Crippen molar-refractivity contribution in [3.05, 3.63) is 29.6 Å². The third-order valence-corrected chi connectivity index (χ3v) is 2.20. The first kappa shape index (κ1) is 13.5. The smallest absolute Gasteiger partial charge is 0.239 e. The van der Waals surface area contributed by atoms with Gasteiger partial charge in [-0.3, -0.25) is 4.79 Å². The van der Waals surface area contributed by atoms with Gasteiger partial charge in [0.25, 0.3) is 0 Å². The van der Waals surface area contributed by atoms with Crippen molar-refractivity contribution < 1.29 is 9.18 Å². The van der Waals surface area contributed by atoms with Crippen LogP contribution in [0.2, 0.25) is 0 Å². The molecule has 0 aromatic heterocycles. The molecule has 4 heteroatoms. The second-order valence-electron chi connectivity index (χ2n) is 4.57. The third-order valence-electron chi connectivity index (χ3n) is 2.20. The molecule has 1 amide bonds. The molecule has 2 N–H and O–H groups in total. The van der Waals surface area contributed by atoms with Gasteiger partial charge >= 0.3 is 0 Å². The Labute approximate surface area is 101 Å². The largest absolute Gasteiger partial charge is 0.376 e. The lowest BCUT2D eigenvalue weighted by Gasteiger charge is -2.10. The molecule has 0 bridgehead atoms. The number of nitrogens with one attached hydrogen (secondary N) is 2. The normalized spacial score (nSPS) is 10.4. The summed E-state index contributed by atoms with van der Waals surface area (Å²) in [6.45, 7) is 6.69. The topological polar surface area (TPSA) is 41.1 Å². The fourth-order valence-electron chi connectivity index (χ4n) is 1.40. The van der Waals surface area contributed by atoms with Crippen molar-refractivity contribution >= 4 is 11.6 Å². The molecule has 17 heavy (non-hydrogen) atoms. The zero-order chi connectivity index (χ0) is 12.8. The maximum absolute atomic E-state index is 13.1. The molecule has 1 rings (SSSR count). The van der Waals surface area contributed by atoms with Crippen LogP contribution in [-0.2, 0) is 4.79 Å². The molecule has 0 aliphatic heterocycles. The third kappa shape index (κ3) is 5.33. The Balaban J connectivity index is 2.42. The van der Waals surface area contributed by atoms with Gasteiger partial charge in [-0.15, -0.1) is 0 Å². The molecule has 0 saturated carbocycles. The number of aryl methyl sites for hydroxylation is 1. The first-order valence-electron chi connectivity index (χ1n) is 5.75. The highest BCUT2D eigenvalue weighted by molar-refractivity contribution is 5.80. The lowest BCUT2D eigenvalue weighted by atomic mass is 10.2. The molecule has 0 unspecified atom stereocenters. The fourth-order valence-corrected chi connectivity index (χ4v) is 1.40. The first-order valence-corrected chi connectivity index (χ1v) is 5.75. The molecule has 0 atom stereocenters. The Hall–Kier alpha value is -1.58. The van der Waals surface area contributed by atoms with E-state index >= 15 is 0 Å². The van der Waals surface area contributed by atoms with Crippen molar-refractivity contribution in [1.29, 1.82) is 0 Å². The molecule has 0 heterocycles. The molecule has 0 fully saturated rings. The predicted octanol–water partition coefficient (Wildman–Crippen LogP) is 2.32. The summed E-state index contributed by atoms with van der Waals surface area (Å²) in [6.07, 6.45) is 0. The van der Waals surface area contributed by atoms with Gasteiger partial charge in [-0.05, 0) is 36.6 Å². The van der Waals surface area contributed by atoms with Gasteiger partial charge in [-0.25, -0.2) is 4.39 Å². The van der Waals surface area contributed by atoms with Crippen molar-refractivity contribution in [1.82, 2.24) is 5.32 Å². The number of hydrogen-bond donors (Lipinski definition) is 2. The maximum atomic E-state index is 13.1. The zero-order valence-electron chi connectivity index (χ0n) is 10.5. The predicted molar refractivity (Wildman–Crippen MR) is 67.5 cm³/mol. The summed E-state index contributed by atoms with van der Waals surface area (Å²) in [7, 11) is 0. The summed E-state index contributed by atoms with van der Waals surface area (Å²) in [6, 6.07) is 4.63. The minimum absolute atomic E-state index is 0.0828. The summed E-state index contributed by atoms with van der Waals surface area (Å²) in [5, 5.41) is 5.68. The van der Waals surface area contributed by atoms with Crippen molar-refractivity contribution in [3.8, 4) is 0 Å². The molecule has 94 valence electrons. The molecule has 0 saturated heterocycles. The Bertz CT molecular complexity index is 371. The second-order valence-corrected chi connectivity index (χ2v) is 4.57. The van der Waals surface area contributed by atoms with E-state index in [1.807, 2.05) is 20.8 Å². The minimum Gasteiger partial charge on any atom is -0.376 e. The SMILES string of the molecule is Cc1cc(F)cc(NCC(=O)NCC(C)C)c1. The average Bonchev–Trinajstić information content (AvgIpc) is 2.22. The lowest BCUT2D eigenvalue weighted by Crippen LogP contribution is -2.32. The van der Waals surface area contributed by atoms with E-state index < -0.39 is 0 Å². The highest BCUT2D eigenvalue weighted by Crippen LogP contribution is 2.12. The van der Waals surface area contributed by atoms with Crippen LogP contribution in [0, 0.1) is 18.7 Å². The molecule has 0 aliphatic rings. The van der Waals surface area contributed by atoms with Gasteiger partial charge in [0.15, 0.2) is 0 Å². The summed E-state index contributed by atoms with van der Waals surface area (Å²) in [5.41, 5.74) is 1.46. The number of halogens is 1. The van der Waals surface area contributed by atoms with Gasteiger partial charge in [-0.1, -0.05) is 13.8 Å². The molecule has 1 aromatic rings. The van der Waals surface area contributed by atoms with E-state index in [4.69, 9.17) is 0 Å². The number of benzene rings is 1. The van der Waals surface area contributed by atoms with Gasteiger partial charge in [0.05, 0.1) is 6.54 Å². The average molecular weight is 238 g/mol. The van der Waals surface area contributed by atoms with Gasteiger partial charge in [0, 0.05) is 12.2 Å². The standard InChI is InChI=1S/C13H19FN2O/c1-9(2)7-16-13(17)8-15-12-5-10(3)4-11(14)6-12/h4-6,9,15H,7-8H2,1-3H3,(H,16,17). The second kappa shape index (κ2) is 6.23. The molecule has 1 aromatic carbocycles. The minimum atomic E-state index is -0.296. The van der Waals surface area contributed by atoms with Gasteiger partial charge < -0.3 is 10.6 Å². The summed E-state index contributed by atoms with van der Waals surface area (Å²) in [4.78, 5) is 11.4. The van der Waals surface area contributed by atoms with E-state index in [2.05, 4.69) is 10.6 Å². The van der Waals surface area contributed by atoms with E-state index in [0.29, 0.717) is 18.2 Å². The van der Waals surface area contributed by atoms with Crippen LogP contribution in [-0.4, -0.2) is 19.0 Å². The quantitative estimate of drug-likeness (QED) is 0.826. The molecule has 3 nitrogen and oxygen atoms in total. The number of amides is 1. The van der Waals surface area contributed by atoms with Crippen molar-refractivity contribution in [2.75, 3.05) is 18.4 Å². The zero-order valence-corrected chi connectivity index (χ0v) is 10.5. The van der Waals surface area contributed by atoms with Crippen LogP contribution in [0.4, 0.5) is 10.1 Å². The Morgan fingerprint density at radius 2 is 2.06 bits per heavy atom. The highest BCUT2D eigenvalue weighted by atomic mass is 19.1. The lowest BCUT2D eigenvalue weighted by molar-refractivity contribution is -0.119. The van der Waals surface area contributed by atoms with Crippen LogP contribution in [0.1, 0.15) is 19.4 Å². The maximum Gasteiger partial charge on any atom is 0.239 e. The molecule has 0 radical (unpaired) electrons. The van der Waals surface area contributed by atoms with Crippen molar-refractivity contribution in [2.45, 2.75) is 20.8 Å². The first-order chi connectivity index (χ1) is 7.97. The van der Waals surface area contributed by atoms with Gasteiger partial charge in [-0.2, -0.15) is 0 Å². The van der Waals surface area contributed by atoms with Crippen LogP contribution in [0.3, 0.4) is 0 Å². The summed E-state index contributed by atoms with van der Waals surface area (Å²) >= 11 is 0. The van der Waals surface area contributed by atoms with E-state index in [0.717, 1.165) is 5.56 Å². The van der Waals surface area contributed by atoms with Gasteiger partial charge in [0.2, 0.25) is 5.91 Å². The van der Waals surface area contributed by atoms with E-state index in [1.165, 1.54) is 12.1 Å². The van der Waals surface area contributed by atoms with E-state index in [-0.39, 0.29) is 18.3 Å². The molecular weight excluding hydrogens is 219 g/mol. The number of carbonyl (C=O) groups is 1. The number of anilines is 1. The summed E-state index contributed by atoms with van der Waals surface area (Å²) in [5.74, 6) is 0.0473. The van der Waals surface area contributed by atoms with Gasteiger partial charge in [0.1, 0.15) is 5.82 Å². The summed E-state index contributed by atoms with van der Waals surface area (Å²) < 4.78 is 13.1. The van der Waals surface area contributed by atoms with E-state index in [9.17, 15) is 9.18 Å². The van der Waals surface area contributed by atoms with Crippen LogP contribution in [0.5, 0.6) is 0 Å². The van der Waals surface area contributed by atoms with Crippen LogP contribution < -0.4 is 10.6 Å². The van der Waals surface area contributed by atoms with Crippen LogP contribution >= 0.6 is 0 Å². The van der Waals surface area contributed by atoms with Crippen LogP contribution in [0.25, 0.3) is 0 Å². The fraction of sp³-hybridized carbons (Fsp3) is 0.462. The van der Waals surface area contributed by atoms with Crippen molar-refractivity contribution in [3.63, 3.8) is 0 Å². The Morgan fingerprint density at radius 1 is 1.35 bits per heavy atom. The monoisotopic (exact) mass is 238 g/mol. The van der Waals surface area contributed by atoms with Crippen molar-refractivity contribution in [2.24, 2.45) is 5.92 Å². The molecule has 0 aliphatic carbocycles.